The zero-order valence-electron chi connectivity index (χ0n) is 8.30. The van der Waals surface area contributed by atoms with Crippen molar-refractivity contribution >= 4 is 6.08 Å². The molecule has 0 bridgehead atoms. The molecular weight excluding hydrogens is 176 g/mol. The summed E-state index contributed by atoms with van der Waals surface area (Å²) < 4.78 is 0. The Kier molecular flexibility index (Phi) is 4.36. The summed E-state index contributed by atoms with van der Waals surface area (Å²) in [7, 11) is 0. The second kappa shape index (κ2) is 5.58. The summed E-state index contributed by atoms with van der Waals surface area (Å²) in [5.74, 6) is 0. The summed E-state index contributed by atoms with van der Waals surface area (Å²) in [6.07, 6.45) is 2.53. The molecule has 2 N–H and O–H groups in total. The van der Waals surface area contributed by atoms with Crippen molar-refractivity contribution in [3.8, 4) is 0 Å². The molecule has 76 valence electrons. The molecule has 0 saturated carbocycles. The molecule has 0 aliphatic carbocycles. The van der Waals surface area contributed by atoms with Gasteiger partial charge in [0.1, 0.15) is 0 Å². The Morgan fingerprint density at radius 2 is 1.86 bits per heavy atom. The van der Waals surface area contributed by atoms with Crippen LogP contribution in [0.15, 0.2) is 36.4 Å². The average molecular weight is 192 g/mol. The van der Waals surface area contributed by atoms with Crippen molar-refractivity contribution in [3.05, 3.63) is 42.0 Å². The van der Waals surface area contributed by atoms with Crippen LogP contribution in [0.5, 0.6) is 0 Å². The first-order chi connectivity index (χ1) is 6.74. The molecule has 1 aromatic rings. The van der Waals surface area contributed by atoms with Gasteiger partial charge in [-0.15, -0.1) is 0 Å². The van der Waals surface area contributed by atoms with Crippen molar-refractivity contribution < 1.29 is 10.2 Å². The lowest BCUT2D eigenvalue weighted by Gasteiger charge is -2.11. The van der Waals surface area contributed by atoms with Crippen LogP contribution in [0.1, 0.15) is 18.9 Å². The van der Waals surface area contributed by atoms with E-state index in [2.05, 4.69) is 0 Å². The Hall–Kier alpha value is -1.12. The summed E-state index contributed by atoms with van der Waals surface area (Å²) in [4.78, 5) is 0. The summed E-state index contributed by atoms with van der Waals surface area (Å²) in [6.45, 7) is 1.84. The molecule has 0 aromatic heterocycles. The lowest BCUT2D eigenvalue weighted by atomic mass is 10.1. The molecule has 0 unspecified atom stereocenters. The third-order valence-electron chi connectivity index (χ3n) is 2.10. The monoisotopic (exact) mass is 192 g/mol. The number of benzene rings is 1. The zero-order valence-corrected chi connectivity index (χ0v) is 8.30. The minimum Gasteiger partial charge on any atom is -0.390 e. The van der Waals surface area contributed by atoms with Crippen LogP contribution in [0.25, 0.3) is 6.08 Å². The minimum absolute atomic E-state index is 0.556. The van der Waals surface area contributed by atoms with E-state index < -0.39 is 12.2 Å². The predicted octanol–water partition coefficient (Wildman–Crippen LogP) is 1.83. The van der Waals surface area contributed by atoms with E-state index in [4.69, 9.17) is 0 Å². The molecule has 0 amide bonds. The summed E-state index contributed by atoms with van der Waals surface area (Å²) in [6, 6.07) is 9.70. The highest BCUT2D eigenvalue weighted by Crippen LogP contribution is 2.05. The maximum Gasteiger partial charge on any atom is 0.0983 e. The van der Waals surface area contributed by atoms with Crippen LogP contribution in [0.3, 0.4) is 0 Å². The molecule has 0 fully saturated rings. The van der Waals surface area contributed by atoms with Gasteiger partial charge in [0.15, 0.2) is 0 Å². The molecule has 1 aromatic carbocycles. The van der Waals surface area contributed by atoms with Gasteiger partial charge in [0.05, 0.1) is 12.2 Å². The molecule has 1 rings (SSSR count). The Bertz CT molecular complexity index is 280. The maximum absolute atomic E-state index is 9.44. The molecule has 14 heavy (non-hydrogen) atoms. The van der Waals surface area contributed by atoms with Crippen LogP contribution in [0.2, 0.25) is 0 Å². The van der Waals surface area contributed by atoms with E-state index in [1.165, 1.54) is 0 Å². The molecule has 2 heteroatoms. The van der Waals surface area contributed by atoms with Crippen molar-refractivity contribution in [3.63, 3.8) is 0 Å². The third-order valence-corrected chi connectivity index (χ3v) is 2.10. The lowest BCUT2D eigenvalue weighted by molar-refractivity contribution is 0.0470. The van der Waals surface area contributed by atoms with Gasteiger partial charge in [-0.25, -0.2) is 0 Å². The number of aliphatic hydroxyl groups is 2. The van der Waals surface area contributed by atoms with Crippen molar-refractivity contribution in [2.75, 3.05) is 0 Å². The molecule has 0 heterocycles. The topological polar surface area (TPSA) is 40.5 Å². The highest BCUT2D eigenvalue weighted by molar-refractivity contribution is 5.49. The van der Waals surface area contributed by atoms with Gasteiger partial charge in [0.2, 0.25) is 0 Å². The Labute approximate surface area is 84.5 Å². The largest absolute Gasteiger partial charge is 0.390 e. The standard InChI is InChI=1S/C12H16O2/c1-2-11(13)12(14)9-8-10-6-4-3-5-7-10/h3-9,11-14H,2H2,1H3/b9-8+/t11-,12+/m0/s1. The fraction of sp³-hybridized carbons (Fsp3) is 0.333. The maximum atomic E-state index is 9.44. The van der Waals surface area contributed by atoms with E-state index in [1.54, 1.807) is 6.08 Å². The molecule has 2 nitrogen and oxygen atoms in total. The number of hydrogen-bond acceptors (Lipinski definition) is 2. The van der Waals surface area contributed by atoms with E-state index >= 15 is 0 Å². The van der Waals surface area contributed by atoms with E-state index in [-0.39, 0.29) is 0 Å². The van der Waals surface area contributed by atoms with Gasteiger partial charge in [0, 0.05) is 0 Å². The molecular formula is C12H16O2. The van der Waals surface area contributed by atoms with Crippen molar-refractivity contribution in [1.82, 2.24) is 0 Å². The highest BCUT2D eigenvalue weighted by Gasteiger charge is 2.09. The Balaban J connectivity index is 2.56. The number of aliphatic hydroxyl groups excluding tert-OH is 2. The quantitative estimate of drug-likeness (QED) is 0.764. The first kappa shape index (κ1) is 11.0. The van der Waals surface area contributed by atoms with E-state index in [0.29, 0.717) is 6.42 Å². The van der Waals surface area contributed by atoms with Gasteiger partial charge < -0.3 is 10.2 Å². The molecule has 0 spiro atoms. The molecule has 0 saturated heterocycles. The third kappa shape index (κ3) is 3.32. The van der Waals surface area contributed by atoms with Crippen molar-refractivity contribution in [2.24, 2.45) is 0 Å². The first-order valence-corrected chi connectivity index (χ1v) is 4.83. The van der Waals surface area contributed by atoms with Crippen LogP contribution in [0.4, 0.5) is 0 Å². The summed E-state index contributed by atoms with van der Waals surface area (Å²) in [5.41, 5.74) is 1.02. The smallest absolute Gasteiger partial charge is 0.0983 e. The first-order valence-electron chi connectivity index (χ1n) is 4.83. The van der Waals surface area contributed by atoms with Crippen molar-refractivity contribution in [1.29, 1.82) is 0 Å². The SMILES string of the molecule is CC[C@H](O)[C@H](O)/C=C/c1ccccc1. The van der Waals surface area contributed by atoms with E-state index in [0.717, 1.165) is 5.56 Å². The van der Waals surface area contributed by atoms with E-state index in [9.17, 15) is 10.2 Å². The number of hydrogen-bond donors (Lipinski definition) is 2. The Morgan fingerprint density at radius 1 is 1.21 bits per heavy atom. The molecule has 0 radical (unpaired) electrons. The fourth-order valence-corrected chi connectivity index (χ4v) is 1.14. The minimum atomic E-state index is -0.778. The van der Waals surface area contributed by atoms with Crippen LogP contribution >= 0.6 is 0 Å². The van der Waals surface area contributed by atoms with Crippen LogP contribution < -0.4 is 0 Å². The normalized spacial score (nSPS) is 15.6. The fourth-order valence-electron chi connectivity index (χ4n) is 1.14. The zero-order chi connectivity index (χ0) is 10.4. The van der Waals surface area contributed by atoms with Gasteiger partial charge in [-0.3, -0.25) is 0 Å². The van der Waals surface area contributed by atoms with Gasteiger partial charge in [-0.2, -0.15) is 0 Å². The highest BCUT2D eigenvalue weighted by atomic mass is 16.3. The van der Waals surface area contributed by atoms with Gasteiger partial charge in [0.25, 0.3) is 0 Å². The molecule has 0 aliphatic rings. The van der Waals surface area contributed by atoms with Gasteiger partial charge >= 0.3 is 0 Å². The summed E-state index contributed by atoms with van der Waals surface area (Å²) >= 11 is 0. The average Bonchev–Trinajstić information content (AvgIpc) is 2.26. The number of rotatable bonds is 4. The van der Waals surface area contributed by atoms with Crippen LogP contribution in [-0.2, 0) is 0 Å². The van der Waals surface area contributed by atoms with Gasteiger partial charge in [-0.1, -0.05) is 49.4 Å². The van der Waals surface area contributed by atoms with Crippen LogP contribution in [-0.4, -0.2) is 22.4 Å². The molecule has 2 atom stereocenters. The lowest BCUT2D eigenvalue weighted by Crippen LogP contribution is -2.22. The summed E-state index contributed by atoms with van der Waals surface area (Å²) in [5, 5.41) is 18.7. The second-order valence-electron chi connectivity index (χ2n) is 3.24. The predicted molar refractivity (Wildman–Crippen MR) is 57.8 cm³/mol. The van der Waals surface area contributed by atoms with Crippen LogP contribution in [0, 0.1) is 0 Å². The van der Waals surface area contributed by atoms with Gasteiger partial charge in [-0.05, 0) is 12.0 Å². The Morgan fingerprint density at radius 3 is 2.43 bits per heavy atom. The van der Waals surface area contributed by atoms with Crippen molar-refractivity contribution in [2.45, 2.75) is 25.6 Å². The molecule has 0 aliphatic heterocycles. The van der Waals surface area contributed by atoms with E-state index in [1.807, 2.05) is 43.3 Å². The second-order valence-corrected chi connectivity index (χ2v) is 3.24.